The molecule has 0 bridgehead atoms. The Kier molecular flexibility index (Phi) is 11.0. The lowest BCUT2D eigenvalue weighted by Gasteiger charge is -2.18. The summed E-state index contributed by atoms with van der Waals surface area (Å²) < 4.78 is 0.875. The number of amides is 3. The van der Waals surface area contributed by atoms with Crippen LogP contribution in [0.4, 0.5) is 11.4 Å². The van der Waals surface area contributed by atoms with Gasteiger partial charge in [0.2, 0.25) is 5.91 Å². The second-order valence-corrected chi connectivity index (χ2v) is 12.3. The summed E-state index contributed by atoms with van der Waals surface area (Å²) in [7, 11) is 0. The highest BCUT2D eigenvalue weighted by Gasteiger charge is 2.23. The van der Waals surface area contributed by atoms with E-state index < -0.39 is 23.0 Å². The largest absolute Gasteiger partial charge is 0.478 e. The van der Waals surface area contributed by atoms with Crippen LogP contribution < -0.4 is 16.0 Å². The summed E-state index contributed by atoms with van der Waals surface area (Å²) >= 11 is 4.68. The lowest BCUT2D eigenvalue weighted by Crippen LogP contribution is -2.30. The first-order valence-corrected chi connectivity index (χ1v) is 16.0. The molecular weight excluding hydrogens is 678 g/mol. The van der Waals surface area contributed by atoms with Crippen molar-refractivity contribution < 1.29 is 24.3 Å². The van der Waals surface area contributed by atoms with Crippen molar-refractivity contribution in [2.75, 3.05) is 10.6 Å². The van der Waals surface area contributed by atoms with Gasteiger partial charge in [0.1, 0.15) is 10.9 Å². The number of benzene rings is 5. The van der Waals surface area contributed by atoms with E-state index in [2.05, 4.69) is 31.9 Å². The highest BCUT2D eigenvalue weighted by atomic mass is 79.9. The molecule has 8 nitrogen and oxygen atoms in total. The smallest absolute Gasteiger partial charge is 0.335 e. The molecule has 0 aliphatic heterocycles. The first-order valence-electron chi connectivity index (χ1n) is 14.4. The summed E-state index contributed by atoms with van der Waals surface area (Å²) in [5, 5.41) is 17.1. The number of carboxylic acids is 1. The Labute approximate surface area is 284 Å². The number of carbonyl (C=O) groups excluding carboxylic acids is 3. The van der Waals surface area contributed by atoms with Crippen LogP contribution in [-0.4, -0.2) is 28.8 Å². The fraction of sp³-hybridized carbons (Fsp3) is 0.0270. The number of rotatable bonds is 11. The maximum absolute atomic E-state index is 13.6. The van der Waals surface area contributed by atoms with Gasteiger partial charge in [-0.2, -0.15) is 0 Å². The number of anilines is 2. The molecule has 0 aliphatic rings. The third-order valence-corrected chi connectivity index (χ3v) is 8.55. The van der Waals surface area contributed by atoms with Gasteiger partial charge in [0.15, 0.2) is 0 Å². The van der Waals surface area contributed by atoms with E-state index in [4.69, 9.17) is 0 Å². The zero-order valence-electron chi connectivity index (χ0n) is 24.7. The molecular formula is C37H28BrN3O5S. The molecule has 1 atom stereocenters. The van der Waals surface area contributed by atoms with E-state index >= 15 is 0 Å². The molecule has 5 rings (SSSR count). The van der Waals surface area contributed by atoms with Crippen molar-refractivity contribution in [2.24, 2.45) is 0 Å². The molecule has 0 aromatic heterocycles. The molecule has 3 amide bonds. The molecule has 0 radical (unpaired) electrons. The molecule has 0 saturated carbocycles. The van der Waals surface area contributed by atoms with Crippen LogP contribution in [0.25, 0.3) is 6.08 Å². The number of aromatic carboxylic acids is 1. The van der Waals surface area contributed by atoms with E-state index in [0.717, 1.165) is 10.0 Å². The standard InChI is InChI=1S/C37H28BrN3O5S/c38-28-19-17-24(18-20-28)21-32(41-34(42)26-11-5-2-6-12-26)35(43)39-30-15-8-16-31(23-30)47-33(25-9-3-1-4-10-25)36(44)40-29-14-7-13-27(22-29)37(45)46/h1-23,33H,(H,39,43)(H,40,44)(H,41,42)(H,45,46)/b32-21-. The van der Waals surface area contributed by atoms with Crippen molar-refractivity contribution in [3.8, 4) is 0 Å². The van der Waals surface area contributed by atoms with Gasteiger partial charge in [-0.1, -0.05) is 88.7 Å². The molecule has 0 heterocycles. The Balaban J connectivity index is 1.37. The third kappa shape index (κ3) is 9.29. The highest BCUT2D eigenvalue weighted by molar-refractivity contribution is 9.10. The van der Waals surface area contributed by atoms with Crippen LogP contribution in [0.5, 0.6) is 0 Å². The minimum Gasteiger partial charge on any atom is -0.478 e. The highest BCUT2D eigenvalue weighted by Crippen LogP contribution is 2.37. The van der Waals surface area contributed by atoms with Crippen molar-refractivity contribution >= 4 is 68.8 Å². The Morgan fingerprint density at radius 3 is 1.98 bits per heavy atom. The molecule has 0 spiro atoms. The number of thioether (sulfide) groups is 1. The molecule has 1 unspecified atom stereocenters. The minimum absolute atomic E-state index is 0.0457. The first-order chi connectivity index (χ1) is 22.7. The molecule has 5 aromatic carbocycles. The SMILES string of the molecule is O=C(Nc1cccc(SC(C(=O)Nc2cccc(C(=O)O)c2)c2ccccc2)c1)/C(=C/c1ccc(Br)cc1)NC(=O)c1ccccc1. The Morgan fingerprint density at radius 2 is 1.30 bits per heavy atom. The van der Waals surface area contributed by atoms with Gasteiger partial charge in [-0.15, -0.1) is 11.8 Å². The van der Waals surface area contributed by atoms with Crippen molar-refractivity contribution in [3.05, 3.63) is 166 Å². The van der Waals surface area contributed by atoms with Crippen LogP contribution in [0.1, 0.15) is 37.1 Å². The van der Waals surface area contributed by atoms with Gasteiger partial charge in [0.05, 0.1) is 5.56 Å². The normalized spacial score (nSPS) is 11.6. The van der Waals surface area contributed by atoms with E-state index in [1.54, 1.807) is 66.7 Å². The average molecular weight is 707 g/mol. The summed E-state index contributed by atoms with van der Waals surface area (Å²) in [6.07, 6.45) is 1.59. The zero-order valence-corrected chi connectivity index (χ0v) is 27.1. The molecule has 0 saturated heterocycles. The molecule has 10 heteroatoms. The summed E-state index contributed by atoms with van der Waals surface area (Å²) in [5.74, 6) is -2.40. The quantitative estimate of drug-likeness (QED) is 0.0815. The van der Waals surface area contributed by atoms with Crippen molar-refractivity contribution in [1.29, 1.82) is 0 Å². The van der Waals surface area contributed by atoms with E-state index in [1.165, 1.54) is 23.9 Å². The Morgan fingerprint density at radius 1 is 0.681 bits per heavy atom. The molecule has 0 aliphatic carbocycles. The van der Waals surface area contributed by atoms with Gasteiger partial charge in [-0.05, 0) is 77.9 Å². The lowest BCUT2D eigenvalue weighted by atomic mass is 10.1. The molecule has 47 heavy (non-hydrogen) atoms. The van der Waals surface area contributed by atoms with Crippen molar-refractivity contribution in [1.82, 2.24) is 5.32 Å². The zero-order chi connectivity index (χ0) is 33.2. The second-order valence-electron chi connectivity index (χ2n) is 10.2. The molecule has 234 valence electrons. The van der Waals surface area contributed by atoms with Gasteiger partial charge in [-0.25, -0.2) is 4.79 Å². The van der Waals surface area contributed by atoms with Crippen molar-refractivity contribution in [2.45, 2.75) is 10.1 Å². The number of nitrogens with one attached hydrogen (secondary N) is 3. The molecule has 0 fully saturated rings. The maximum Gasteiger partial charge on any atom is 0.335 e. The molecule has 4 N–H and O–H groups in total. The second kappa shape index (κ2) is 15.7. The van der Waals surface area contributed by atoms with Gasteiger partial charge < -0.3 is 21.1 Å². The monoisotopic (exact) mass is 705 g/mol. The van der Waals surface area contributed by atoms with Gasteiger partial charge in [-0.3, -0.25) is 14.4 Å². The summed E-state index contributed by atoms with van der Waals surface area (Å²) in [5.41, 5.74) is 2.77. The topological polar surface area (TPSA) is 125 Å². The minimum atomic E-state index is -1.09. The number of halogens is 1. The summed E-state index contributed by atoms with van der Waals surface area (Å²) in [4.78, 5) is 52.3. The fourth-order valence-corrected chi connectivity index (χ4v) is 5.84. The van der Waals surface area contributed by atoms with Crippen LogP contribution in [0.15, 0.2) is 149 Å². The third-order valence-electron chi connectivity index (χ3n) is 6.77. The van der Waals surface area contributed by atoms with Crippen molar-refractivity contribution in [3.63, 3.8) is 0 Å². The number of hydrogen-bond acceptors (Lipinski definition) is 5. The van der Waals surface area contributed by atoms with Crippen LogP contribution in [0.2, 0.25) is 0 Å². The fourth-order valence-electron chi connectivity index (χ4n) is 4.49. The Bertz CT molecular complexity index is 1930. The predicted molar refractivity (Wildman–Crippen MR) is 188 cm³/mol. The van der Waals surface area contributed by atoms with Gasteiger partial charge in [0.25, 0.3) is 11.8 Å². The van der Waals surface area contributed by atoms with E-state index in [9.17, 15) is 24.3 Å². The summed E-state index contributed by atoms with van der Waals surface area (Å²) in [6, 6.07) is 38.2. The maximum atomic E-state index is 13.6. The molecule has 5 aromatic rings. The number of carbonyl (C=O) groups is 4. The average Bonchev–Trinajstić information content (AvgIpc) is 3.08. The number of carboxylic acid groups (broad SMARTS) is 1. The van der Waals surface area contributed by atoms with E-state index in [0.29, 0.717) is 27.4 Å². The van der Waals surface area contributed by atoms with Crippen LogP contribution in [0, 0.1) is 0 Å². The van der Waals surface area contributed by atoms with Crippen LogP contribution in [-0.2, 0) is 9.59 Å². The van der Waals surface area contributed by atoms with Gasteiger partial charge >= 0.3 is 5.97 Å². The first kappa shape index (κ1) is 32.9. The number of hydrogen-bond donors (Lipinski definition) is 4. The van der Waals surface area contributed by atoms with Gasteiger partial charge in [0, 0.05) is 26.3 Å². The predicted octanol–water partition coefficient (Wildman–Crippen LogP) is 8.03. The lowest BCUT2D eigenvalue weighted by molar-refractivity contribution is -0.116. The van der Waals surface area contributed by atoms with Crippen LogP contribution >= 0.6 is 27.7 Å². The van der Waals surface area contributed by atoms with Crippen LogP contribution in [0.3, 0.4) is 0 Å². The summed E-state index contributed by atoms with van der Waals surface area (Å²) in [6.45, 7) is 0. The van der Waals surface area contributed by atoms with E-state index in [-0.39, 0.29) is 17.2 Å². The van der Waals surface area contributed by atoms with E-state index in [1.807, 2.05) is 60.7 Å². The Hall–Kier alpha value is -5.45.